The summed E-state index contributed by atoms with van der Waals surface area (Å²) >= 11 is 0. The molecule has 0 bridgehead atoms. The number of aromatic nitrogens is 4. The topological polar surface area (TPSA) is 95.5 Å². The van der Waals surface area contributed by atoms with E-state index in [0.717, 1.165) is 84.6 Å². The van der Waals surface area contributed by atoms with E-state index in [9.17, 15) is 4.79 Å². The average molecular weight is 458 g/mol. The van der Waals surface area contributed by atoms with E-state index in [2.05, 4.69) is 23.7 Å². The molecule has 0 spiro atoms. The lowest BCUT2D eigenvalue weighted by Crippen LogP contribution is -2.38. The summed E-state index contributed by atoms with van der Waals surface area (Å²) in [6.45, 7) is 6.67. The van der Waals surface area contributed by atoms with Gasteiger partial charge < -0.3 is 20.5 Å². The summed E-state index contributed by atoms with van der Waals surface area (Å²) < 4.78 is 1.82. The highest BCUT2D eigenvalue weighted by Crippen LogP contribution is 2.33. The molecule has 3 N–H and O–H groups in total. The van der Waals surface area contributed by atoms with Crippen LogP contribution in [0.4, 0.5) is 5.82 Å². The van der Waals surface area contributed by atoms with Crippen molar-refractivity contribution in [3.63, 3.8) is 0 Å². The van der Waals surface area contributed by atoms with E-state index < -0.39 is 0 Å². The van der Waals surface area contributed by atoms with Gasteiger partial charge in [-0.15, -0.1) is 0 Å². The number of rotatable bonds is 3. The predicted octanol–water partition coefficient (Wildman–Crippen LogP) is 3.73. The van der Waals surface area contributed by atoms with E-state index in [-0.39, 0.29) is 18.0 Å². The number of nitrogens with zero attached hydrogens (tertiary/aromatic N) is 5. The number of aryl methyl sites for hydroxylation is 2. The number of hydrogen-bond acceptors (Lipinski definition) is 5. The number of hydrogen-bond donors (Lipinski definition) is 2. The Balaban J connectivity index is 1.31. The lowest BCUT2D eigenvalue weighted by atomic mass is 9.97. The van der Waals surface area contributed by atoms with Gasteiger partial charge in [-0.3, -0.25) is 4.79 Å². The highest BCUT2D eigenvalue weighted by Gasteiger charge is 2.31. The Morgan fingerprint density at radius 3 is 2.82 bits per heavy atom. The van der Waals surface area contributed by atoms with Crippen molar-refractivity contribution in [3.05, 3.63) is 59.0 Å². The number of carbonyl (C=O) groups is 1. The number of benzene rings is 1. The average Bonchev–Trinajstić information content (AvgIpc) is 3.55. The molecule has 176 valence electrons. The molecule has 8 heteroatoms. The Labute approximate surface area is 198 Å². The number of nitrogens with two attached hydrogens (primary N) is 1. The van der Waals surface area contributed by atoms with Crippen molar-refractivity contribution < 1.29 is 4.79 Å². The Hall–Kier alpha value is -3.39. The van der Waals surface area contributed by atoms with Gasteiger partial charge in [0.25, 0.3) is 5.91 Å². The molecule has 34 heavy (non-hydrogen) atoms. The third-order valence-corrected chi connectivity index (χ3v) is 7.54. The van der Waals surface area contributed by atoms with Gasteiger partial charge >= 0.3 is 0 Å². The monoisotopic (exact) mass is 457 g/mol. The van der Waals surface area contributed by atoms with E-state index >= 15 is 0 Å². The number of likely N-dealkylation sites (tertiary alicyclic amines) is 1. The van der Waals surface area contributed by atoms with Crippen LogP contribution in [0.1, 0.15) is 59.0 Å². The van der Waals surface area contributed by atoms with Gasteiger partial charge in [0, 0.05) is 60.1 Å². The first kappa shape index (κ1) is 21.2. The summed E-state index contributed by atoms with van der Waals surface area (Å²) in [5.74, 6) is 1.01. The van der Waals surface area contributed by atoms with Crippen LogP contribution in [0.3, 0.4) is 0 Å². The maximum absolute atomic E-state index is 13.7. The second-order valence-electron chi connectivity index (χ2n) is 9.80. The lowest BCUT2D eigenvalue weighted by molar-refractivity contribution is 0.0606. The van der Waals surface area contributed by atoms with Gasteiger partial charge in [-0.25, -0.2) is 9.50 Å². The summed E-state index contributed by atoms with van der Waals surface area (Å²) in [5.41, 5.74) is 11.9. The molecule has 0 saturated carbocycles. The van der Waals surface area contributed by atoms with Crippen LogP contribution in [0.25, 0.3) is 16.6 Å². The summed E-state index contributed by atoms with van der Waals surface area (Å²) in [6, 6.07) is 10.2. The molecule has 1 amide bonds. The SMILES string of the molecule is Cc1[nH]c2ccc(C(=O)N3CCCC[C@H]3c3cc4nc(N5CC[C@H](N)C5)ccn4n3)cc2c1C. The lowest BCUT2D eigenvalue weighted by Gasteiger charge is -2.34. The Morgan fingerprint density at radius 2 is 2.00 bits per heavy atom. The number of aromatic amines is 1. The number of amides is 1. The first-order valence-electron chi connectivity index (χ1n) is 12.2. The summed E-state index contributed by atoms with van der Waals surface area (Å²) in [6.07, 6.45) is 5.96. The molecule has 2 saturated heterocycles. The van der Waals surface area contributed by atoms with E-state index in [1.54, 1.807) is 0 Å². The molecule has 1 aromatic carbocycles. The predicted molar refractivity (Wildman–Crippen MR) is 133 cm³/mol. The van der Waals surface area contributed by atoms with Crippen LogP contribution >= 0.6 is 0 Å². The highest BCUT2D eigenvalue weighted by atomic mass is 16.2. The first-order valence-corrected chi connectivity index (χ1v) is 12.2. The standard InChI is InChI=1S/C26H31N7O/c1-16-17(2)28-21-7-6-18(13-20(16)21)26(34)32-10-4-3-5-23(32)22-14-25-29-24(9-12-33(25)30-22)31-11-8-19(27)15-31/h6-7,9,12-14,19,23,28H,3-5,8,10-11,15,27H2,1-2H3/t19-,23-/m0/s1. The van der Waals surface area contributed by atoms with Gasteiger partial charge in [0.1, 0.15) is 5.82 Å². The van der Waals surface area contributed by atoms with Crippen molar-refractivity contribution in [2.24, 2.45) is 5.73 Å². The van der Waals surface area contributed by atoms with Gasteiger partial charge in [0.05, 0.1) is 11.7 Å². The molecular formula is C26H31N7O. The first-order chi connectivity index (χ1) is 16.5. The van der Waals surface area contributed by atoms with Gasteiger partial charge in [0.15, 0.2) is 5.65 Å². The zero-order valence-electron chi connectivity index (χ0n) is 19.8. The fraction of sp³-hybridized carbons (Fsp3) is 0.423. The van der Waals surface area contributed by atoms with E-state index in [1.165, 1.54) is 5.56 Å². The number of H-pyrrole nitrogens is 1. The van der Waals surface area contributed by atoms with E-state index in [0.29, 0.717) is 0 Å². The number of nitrogens with one attached hydrogen (secondary N) is 1. The second-order valence-corrected chi connectivity index (χ2v) is 9.80. The third-order valence-electron chi connectivity index (χ3n) is 7.54. The normalized spacial score (nSPS) is 21.1. The number of piperidine rings is 1. The molecule has 6 rings (SSSR count). The minimum atomic E-state index is -0.0450. The van der Waals surface area contributed by atoms with Crippen molar-refractivity contribution in [1.82, 2.24) is 24.5 Å². The van der Waals surface area contributed by atoms with Crippen molar-refractivity contribution in [2.75, 3.05) is 24.5 Å². The zero-order valence-corrected chi connectivity index (χ0v) is 19.8. The molecule has 0 aliphatic carbocycles. The van der Waals surface area contributed by atoms with Crippen LogP contribution in [0.5, 0.6) is 0 Å². The zero-order chi connectivity index (χ0) is 23.4. The molecule has 2 aliphatic rings. The Kier molecular flexibility index (Phi) is 5.06. The molecule has 2 aliphatic heterocycles. The number of anilines is 1. The maximum Gasteiger partial charge on any atom is 0.254 e. The van der Waals surface area contributed by atoms with Gasteiger partial charge in [0.2, 0.25) is 0 Å². The van der Waals surface area contributed by atoms with Crippen LogP contribution in [0.2, 0.25) is 0 Å². The van der Waals surface area contributed by atoms with Crippen LogP contribution in [0, 0.1) is 13.8 Å². The van der Waals surface area contributed by atoms with Crippen molar-refractivity contribution in [2.45, 2.75) is 51.6 Å². The molecule has 0 radical (unpaired) electrons. The molecule has 4 aromatic rings. The van der Waals surface area contributed by atoms with Gasteiger partial charge in [-0.1, -0.05) is 0 Å². The van der Waals surface area contributed by atoms with Crippen molar-refractivity contribution in [3.8, 4) is 0 Å². The quantitative estimate of drug-likeness (QED) is 0.489. The Morgan fingerprint density at radius 1 is 1.12 bits per heavy atom. The summed E-state index contributed by atoms with van der Waals surface area (Å²) in [5, 5.41) is 5.94. The van der Waals surface area contributed by atoms with E-state index in [4.69, 9.17) is 15.8 Å². The molecule has 2 atom stereocenters. The van der Waals surface area contributed by atoms with Crippen LogP contribution in [-0.4, -0.2) is 56.1 Å². The molecular weight excluding hydrogens is 426 g/mol. The van der Waals surface area contributed by atoms with Crippen molar-refractivity contribution in [1.29, 1.82) is 0 Å². The summed E-state index contributed by atoms with van der Waals surface area (Å²) in [4.78, 5) is 26.1. The minimum Gasteiger partial charge on any atom is -0.358 e. The number of carbonyl (C=O) groups excluding carboxylic acids is 1. The summed E-state index contributed by atoms with van der Waals surface area (Å²) in [7, 11) is 0. The van der Waals surface area contributed by atoms with Crippen LogP contribution in [-0.2, 0) is 0 Å². The largest absolute Gasteiger partial charge is 0.358 e. The van der Waals surface area contributed by atoms with Crippen molar-refractivity contribution >= 4 is 28.3 Å². The smallest absolute Gasteiger partial charge is 0.254 e. The fourth-order valence-corrected chi connectivity index (χ4v) is 5.46. The molecule has 8 nitrogen and oxygen atoms in total. The second kappa shape index (κ2) is 8.13. The van der Waals surface area contributed by atoms with Gasteiger partial charge in [-0.05, 0) is 69.4 Å². The van der Waals surface area contributed by atoms with E-state index in [1.807, 2.05) is 45.9 Å². The fourth-order valence-electron chi connectivity index (χ4n) is 5.46. The van der Waals surface area contributed by atoms with Gasteiger partial charge in [-0.2, -0.15) is 5.10 Å². The van der Waals surface area contributed by atoms with Crippen LogP contribution < -0.4 is 10.6 Å². The molecule has 0 unspecified atom stereocenters. The Bertz CT molecular complexity index is 1390. The third kappa shape index (κ3) is 3.53. The maximum atomic E-state index is 13.7. The number of fused-ring (bicyclic) bond motifs is 2. The minimum absolute atomic E-state index is 0.0450. The molecule has 2 fully saturated rings. The molecule has 3 aromatic heterocycles. The molecule has 5 heterocycles. The highest BCUT2D eigenvalue weighted by molar-refractivity contribution is 5.99. The van der Waals surface area contributed by atoms with Crippen LogP contribution in [0.15, 0.2) is 36.5 Å².